The monoisotopic (exact) mass is 219 g/mol. The highest BCUT2D eigenvalue weighted by Gasteiger charge is 2.04. The lowest BCUT2D eigenvalue weighted by Crippen LogP contribution is -2.35. The van der Waals surface area contributed by atoms with Crippen LogP contribution in [0.25, 0.3) is 0 Å². The average Bonchev–Trinajstić information content (AvgIpc) is 2.10. The van der Waals surface area contributed by atoms with E-state index in [2.05, 4.69) is 0 Å². The molecule has 0 radical (unpaired) electrons. The molecule has 5 N–H and O–H groups in total. The minimum absolute atomic E-state index is 0.180. The van der Waals surface area contributed by atoms with Crippen LogP contribution in [-0.4, -0.2) is 29.5 Å². The van der Waals surface area contributed by atoms with Gasteiger partial charge in [-0.1, -0.05) is 6.92 Å². The van der Waals surface area contributed by atoms with Gasteiger partial charge in [0.15, 0.2) is 0 Å². The van der Waals surface area contributed by atoms with Crippen LogP contribution in [0.15, 0.2) is 0 Å². The Kier molecular flexibility index (Phi) is 7.23. The molecule has 0 aromatic heterocycles. The Morgan fingerprint density at radius 3 is 2.64 bits per heavy atom. The van der Waals surface area contributed by atoms with E-state index in [4.69, 9.17) is 11.5 Å². The molecule has 0 fully saturated rings. The number of urea groups is 1. The van der Waals surface area contributed by atoms with Crippen LogP contribution in [0.1, 0.15) is 19.8 Å². The van der Waals surface area contributed by atoms with Crippen molar-refractivity contribution < 1.29 is 9.59 Å². The number of nitrogens with two attached hydrogens (primary N) is 2. The summed E-state index contributed by atoms with van der Waals surface area (Å²) in [6.45, 7) is 2.02. The topological polar surface area (TPSA) is 98.2 Å². The molecule has 14 heavy (non-hydrogen) atoms. The molecule has 3 amide bonds. The quantitative estimate of drug-likeness (QED) is 0.549. The van der Waals surface area contributed by atoms with Crippen LogP contribution in [0.3, 0.4) is 0 Å². The molecular formula is C8H17N3O2S. The summed E-state index contributed by atoms with van der Waals surface area (Å²) in [4.78, 5) is 21.2. The Morgan fingerprint density at radius 1 is 1.50 bits per heavy atom. The van der Waals surface area contributed by atoms with Crippen LogP contribution in [0.2, 0.25) is 0 Å². The number of hydrogen-bond acceptors (Lipinski definition) is 4. The number of amides is 3. The van der Waals surface area contributed by atoms with Crippen LogP contribution in [-0.2, 0) is 4.79 Å². The third-order valence-electron chi connectivity index (χ3n) is 1.59. The molecular weight excluding hydrogens is 202 g/mol. The standard InChI is InChI=1S/C8H17N3O2S/c1-2-6(9)5-14-4-3-7(12)11-8(10)13/h6H,2-5,9H2,1H3,(H3,10,11,12,13). The third kappa shape index (κ3) is 7.88. The molecule has 82 valence electrons. The summed E-state index contributed by atoms with van der Waals surface area (Å²) >= 11 is 1.60. The van der Waals surface area contributed by atoms with Crippen LogP contribution in [0, 0.1) is 0 Å². The fraction of sp³-hybridized carbons (Fsp3) is 0.750. The second kappa shape index (κ2) is 7.64. The Morgan fingerprint density at radius 2 is 2.14 bits per heavy atom. The minimum Gasteiger partial charge on any atom is -0.351 e. The third-order valence-corrected chi connectivity index (χ3v) is 2.75. The molecule has 0 aliphatic rings. The van der Waals surface area contributed by atoms with Gasteiger partial charge in [0.25, 0.3) is 0 Å². The fourth-order valence-electron chi connectivity index (χ4n) is 0.717. The van der Waals surface area contributed by atoms with Gasteiger partial charge in [-0.15, -0.1) is 0 Å². The molecule has 0 heterocycles. The van der Waals surface area contributed by atoms with Gasteiger partial charge in [0.1, 0.15) is 0 Å². The molecule has 0 saturated carbocycles. The number of nitrogens with one attached hydrogen (secondary N) is 1. The summed E-state index contributed by atoms with van der Waals surface area (Å²) in [6, 6.07) is -0.621. The Bertz CT molecular complexity index is 199. The lowest BCUT2D eigenvalue weighted by Gasteiger charge is -2.07. The maximum Gasteiger partial charge on any atom is 0.318 e. The molecule has 0 aliphatic carbocycles. The van der Waals surface area contributed by atoms with Crippen LogP contribution < -0.4 is 16.8 Å². The molecule has 1 atom stereocenters. The van der Waals surface area contributed by atoms with Crippen molar-refractivity contribution in [3.63, 3.8) is 0 Å². The van der Waals surface area contributed by atoms with Crippen molar-refractivity contribution in [3.05, 3.63) is 0 Å². The number of imide groups is 1. The van der Waals surface area contributed by atoms with Gasteiger partial charge in [-0.05, 0) is 6.42 Å². The van der Waals surface area contributed by atoms with Crippen LogP contribution in [0.4, 0.5) is 4.79 Å². The Hall–Kier alpha value is -0.750. The SMILES string of the molecule is CCC(N)CSCCC(=O)NC(N)=O. The zero-order valence-electron chi connectivity index (χ0n) is 8.29. The molecule has 1 unspecified atom stereocenters. The zero-order chi connectivity index (χ0) is 11.0. The molecule has 5 nitrogen and oxygen atoms in total. The molecule has 0 saturated heterocycles. The van der Waals surface area contributed by atoms with E-state index in [1.807, 2.05) is 12.2 Å². The summed E-state index contributed by atoms with van der Waals surface area (Å²) in [5.74, 6) is 1.16. The van der Waals surface area contributed by atoms with Gasteiger partial charge in [0.2, 0.25) is 5.91 Å². The van der Waals surface area contributed by atoms with Gasteiger partial charge < -0.3 is 11.5 Å². The highest BCUT2D eigenvalue weighted by Crippen LogP contribution is 2.05. The van der Waals surface area contributed by atoms with Gasteiger partial charge in [-0.25, -0.2) is 4.79 Å². The summed E-state index contributed by atoms with van der Waals surface area (Å²) in [5, 5.41) is 2.00. The molecule has 0 aliphatic heterocycles. The number of rotatable bonds is 6. The zero-order valence-corrected chi connectivity index (χ0v) is 9.10. The van der Waals surface area contributed by atoms with E-state index in [9.17, 15) is 9.59 Å². The molecule has 0 bridgehead atoms. The van der Waals surface area contributed by atoms with Gasteiger partial charge in [0.05, 0.1) is 0 Å². The second-order valence-electron chi connectivity index (χ2n) is 2.91. The number of thioether (sulfide) groups is 1. The van der Waals surface area contributed by atoms with E-state index >= 15 is 0 Å². The maximum atomic E-state index is 10.9. The van der Waals surface area contributed by atoms with Crippen molar-refractivity contribution in [3.8, 4) is 0 Å². The summed E-state index contributed by atoms with van der Waals surface area (Å²) in [6.07, 6.45) is 1.23. The van der Waals surface area contributed by atoms with Crippen molar-refractivity contribution in [2.75, 3.05) is 11.5 Å². The van der Waals surface area contributed by atoms with Gasteiger partial charge in [-0.2, -0.15) is 11.8 Å². The molecule has 0 spiro atoms. The highest BCUT2D eigenvalue weighted by molar-refractivity contribution is 7.99. The van der Waals surface area contributed by atoms with Crippen molar-refractivity contribution >= 4 is 23.7 Å². The van der Waals surface area contributed by atoms with E-state index in [1.54, 1.807) is 11.8 Å². The van der Waals surface area contributed by atoms with E-state index in [0.29, 0.717) is 12.2 Å². The first-order valence-electron chi connectivity index (χ1n) is 4.48. The molecule has 0 aromatic rings. The minimum atomic E-state index is -0.801. The van der Waals surface area contributed by atoms with Crippen molar-refractivity contribution in [1.29, 1.82) is 0 Å². The average molecular weight is 219 g/mol. The van der Waals surface area contributed by atoms with Crippen molar-refractivity contribution in [2.45, 2.75) is 25.8 Å². The predicted molar refractivity (Wildman–Crippen MR) is 57.9 cm³/mol. The summed E-state index contributed by atoms with van der Waals surface area (Å²) < 4.78 is 0. The summed E-state index contributed by atoms with van der Waals surface area (Å²) in [5.41, 5.74) is 10.4. The predicted octanol–water partition coefficient (Wildman–Crippen LogP) is 0.0419. The number of carbonyl (C=O) groups excluding carboxylic acids is 2. The first kappa shape index (κ1) is 13.2. The lowest BCUT2D eigenvalue weighted by atomic mass is 10.3. The number of carbonyl (C=O) groups is 2. The smallest absolute Gasteiger partial charge is 0.318 e. The number of primary amides is 1. The van der Waals surface area contributed by atoms with Crippen LogP contribution in [0.5, 0.6) is 0 Å². The van der Waals surface area contributed by atoms with E-state index < -0.39 is 6.03 Å². The van der Waals surface area contributed by atoms with E-state index in [-0.39, 0.29) is 11.9 Å². The Labute approximate surface area is 88.0 Å². The number of hydrogen-bond donors (Lipinski definition) is 3. The highest BCUT2D eigenvalue weighted by atomic mass is 32.2. The van der Waals surface area contributed by atoms with Gasteiger partial charge in [0, 0.05) is 24.0 Å². The van der Waals surface area contributed by atoms with Gasteiger partial charge >= 0.3 is 6.03 Å². The first-order valence-corrected chi connectivity index (χ1v) is 5.64. The van der Waals surface area contributed by atoms with Gasteiger partial charge in [-0.3, -0.25) is 10.1 Å². The second-order valence-corrected chi connectivity index (χ2v) is 4.06. The first-order chi connectivity index (χ1) is 6.56. The lowest BCUT2D eigenvalue weighted by molar-refractivity contribution is -0.119. The van der Waals surface area contributed by atoms with Crippen molar-refractivity contribution in [1.82, 2.24) is 5.32 Å². The maximum absolute atomic E-state index is 10.9. The van der Waals surface area contributed by atoms with E-state index in [1.165, 1.54) is 0 Å². The molecule has 0 rings (SSSR count). The molecule has 6 heteroatoms. The Balaban J connectivity index is 3.36. The fourth-order valence-corrected chi connectivity index (χ4v) is 1.75. The largest absolute Gasteiger partial charge is 0.351 e. The van der Waals surface area contributed by atoms with Crippen LogP contribution >= 0.6 is 11.8 Å². The summed E-state index contributed by atoms with van der Waals surface area (Å²) in [7, 11) is 0. The van der Waals surface area contributed by atoms with Crippen molar-refractivity contribution in [2.24, 2.45) is 11.5 Å². The molecule has 0 aromatic carbocycles. The van der Waals surface area contributed by atoms with E-state index in [0.717, 1.165) is 12.2 Å². The normalized spacial score (nSPS) is 12.1.